The number of nitrogens with zero attached hydrogens (tertiary/aromatic N) is 1. The summed E-state index contributed by atoms with van der Waals surface area (Å²) in [6.07, 6.45) is 3.04. The first-order valence-electron chi connectivity index (χ1n) is 6.40. The third-order valence-corrected chi connectivity index (χ3v) is 3.13. The van der Waals surface area contributed by atoms with E-state index >= 15 is 0 Å². The molecule has 1 aromatic carbocycles. The molecule has 108 valence electrons. The van der Waals surface area contributed by atoms with Gasteiger partial charge in [0, 0.05) is 23.7 Å². The molecule has 20 heavy (non-hydrogen) atoms. The van der Waals surface area contributed by atoms with Crippen LogP contribution in [0.4, 0.5) is 0 Å². The highest BCUT2D eigenvalue weighted by atomic mass is 35.5. The van der Waals surface area contributed by atoms with E-state index in [0.717, 1.165) is 5.56 Å². The van der Waals surface area contributed by atoms with Gasteiger partial charge >= 0.3 is 5.97 Å². The fourth-order valence-electron chi connectivity index (χ4n) is 1.92. The number of benzene rings is 1. The molecular formula is C15H18ClNO3. The lowest BCUT2D eigenvalue weighted by Gasteiger charge is -2.25. The van der Waals surface area contributed by atoms with Crippen LogP contribution in [0.2, 0.25) is 5.02 Å². The Hall–Kier alpha value is -1.81. The van der Waals surface area contributed by atoms with Gasteiger partial charge in [-0.05, 0) is 37.6 Å². The molecule has 0 saturated carbocycles. The van der Waals surface area contributed by atoms with Crippen molar-refractivity contribution in [2.75, 3.05) is 6.54 Å². The van der Waals surface area contributed by atoms with Crippen LogP contribution in [-0.2, 0) is 9.59 Å². The summed E-state index contributed by atoms with van der Waals surface area (Å²) >= 11 is 5.86. The van der Waals surface area contributed by atoms with Crippen LogP contribution in [0.3, 0.4) is 0 Å². The number of carboxylic acids is 1. The molecule has 0 aliphatic carbocycles. The van der Waals surface area contributed by atoms with E-state index in [9.17, 15) is 9.59 Å². The summed E-state index contributed by atoms with van der Waals surface area (Å²) in [6.45, 7) is 4.01. The minimum absolute atomic E-state index is 0.0649. The predicted octanol–water partition coefficient (Wildman–Crippen LogP) is 3.06. The quantitative estimate of drug-likeness (QED) is 0.821. The van der Waals surface area contributed by atoms with Crippen LogP contribution in [0.25, 0.3) is 6.08 Å². The number of aliphatic carboxylic acids is 1. The minimum atomic E-state index is -0.914. The summed E-state index contributed by atoms with van der Waals surface area (Å²) < 4.78 is 0. The Labute approximate surface area is 123 Å². The van der Waals surface area contributed by atoms with Crippen LogP contribution in [0.15, 0.2) is 30.3 Å². The summed E-state index contributed by atoms with van der Waals surface area (Å²) in [4.78, 5) is 24.3. The van der Waals surface area contributed by atoms with Crippen LogP contribution in [0.5, 0.6) is 0 Å². The van der Waals surface area contributed by atoms with E-state index in [1.165, 1.54) is 11.0 Å². The van der Waals surface area contributed by atoms with Crippen LogP contribution in [0, 0.1) is 0 Å². The molecule has 1 N–H and O–H groups in total. The smallest absolute Gasteiger partial charge is 0.305 e. The Morgan fingerprint density at radius 3 is 2.70 bits per heavy atom. The number of carboxylic acid groups (broad SMARTS) is 1. The first-order valence-corrected chi connectivity index (χ1v) is 6.78. The van der Waals surface area contributed by atoms with E-state index in [4.69, 9.17) is 16.7 Å². The van der Waals surface area contributed by atoms with Gasteiger partial charge in [-0.25, -0.2) is 0 Å². The van der Waals surface area contributed by atoms with Gasteiger partial charge in [-0.3, -0.25) is 9.59 Å². The molecule has 0 aromatic heterocycles. The maximum atomic E-state index is 12.1. The minimum Gasteiger partial charge on any atom is -0.481 e. The third kappa shape index (κ3) is 5.05. The number of hydrogen-bond donors (Lipinski definition) is 1. The zero-order chi connectivity index (χ0) is 15.1. The predicted molar refractivity (Wildman–Crippen MR) is 79.6 cm³/mol. The highest BCUT2D eigenvalue weighted by molar-refractivity contribution is 6.30. The van der Waals surface area contributed by atoms with E-state index in [1.807, 2.05) is 13.0 Å². The third-order valence-electron chi connectivity index (χ3n) is 2.89. The average Bonchev–Trinajstić information content (AvgIpc) is 2.36. The molecule has 0 aliphatic heterocycles. The van der Waals surface area contributed by atoms with Gasteiger partial charge in [0.05, 0.1) is 6.42 Å². The van der Waals surface area contributed by atoms with Crippen molar-refractivity contribution >= 4 is 29.6 Å². The molecule has 0 heterocycles. The number of halogens is 1. The Morgan fingerprint density at radius 2 is 2.15 bits per heavy atom. The zero-order valence-corrected chi connectivity index (χ0v) is 12.3. The molecule has 0 saturated heterocycles. The topological polar surface area (TPSA) is 57.6 Å². The lowest BCUT2D eigenvalue weighted by atomic mass is 10.1. The van der Waals surface area contributed by atoms with Crippen LogP contribution in [0.1, 0.15) is 25.8 Å². The first kappa shape index (κ1) is 16.2. The molecule has 4 nitrogen and oxygen atoms in total. The fraction of sp³-hybridized carbons (Fsp3) is 0.333. The van der Waals surface area contributed by atoms with Crippen molar-refractivity contribution in [1.29, 1.82) is 0 Å². The van der Waals surface area contributed by atoms with Gasteiger partial charge in [0.25, 0.3) is 0 Å². The normalized spacial score (nSPS) is 12.3. The van der Waals surface area contributed by atoms with Gasteiger partial charge in [-0.1, -0.05) is 23.7 Å². The number of amides is 1. The molecule has 1 atom stereocenters. The lowest BCUT2D eigenvalue weighted by Crippen LogP contribution is -2.38. The average molecular weight is 296 g/mol. The van der Waals surface area contributed by atoms with E-state index in [-0.39, 0.29) is 18.4 Å². The number of rotatable bonds is 6. The standard InChI is InChI=1S/C15H18ClNO3/c1-3-17(11(2)9-15(19)20)14(18)8-7-12-5-4-6-13(16)10-12/h4-8,10-11H,3,9H2,1-2H3,(H,19,20). The molecular weight excluding hydrogens is 278 g/mol. The molecule has 0 spiro atoms. The molecule has 1 rings (SSSR count). The number of likely N-dealkylation sites (N-methyl/N-ethyl adjacent to an activating group) is 1. The Morgan fingerprint density at radius 1 is 1.45 bits per heavy atom. The summed E-state index contributed by atoms with van der Waals surface area (Å²) in [5, 5.41) is 9.38. The maximum absolute atomic E-state index is 12.1. The van der Waals surface area contributed by atoms with E-state index in [2.05, 4.69) is 0 Å². The lowest BCUT2D eigenvalue weighted by molar-refractivity contribution is -0.139. The summed E-state index contributed by atoms with van der Waals surface area (Å²) in [5.74, 6) is -1.12. The van der Waals surface area contributed by atoms with Crippen molar-refractivity contribution in [1.82, 2.24) is 4.90 Å². The Kier molecular flexibility index (Phi) is 6.25. The first-order chi connectivity index (χ1) is 9.43. The van der Waals surface area contributed by atoms with Crippen molar-refractivity contribution in [2.24, 2.45) is 0 Å². The highest BCUT2D eigenvalue weighted by Gasteiger charge is 2.18. The van der Waals surface area contributed by atoms with Gasteiger partial charge in [-0.15, -0.1) is 0 Å². The summed E-state index contributed by atoms with van der Waals surface area (Å²) in [6, 6.07) is 6.81. The van der Waals surface area contributed by atoms with Gasteiger partial charge in [-0.2, -0.15) is 0 Å². The summed E-state index contributed by atoms with van der Waals surface area (Å²) in [7, 11) is 0. The second-order valence-corrected chi connectivity index (χ2v) is 4.90. The van der Waals surface area contributed by atoms with Gasteiger partial charge in [0.15, 0.2) is 0 Å². The second kappa shape index (κ2) is 7.70. The van der Waals surface area contributed by atoms with Crippen molar-refractivity contribution < 1.29 is 14.7 Å². The van der Waals surface area contributed by atoms with Crippen LogP contribution >= 0.6 is 11.6 Å². The molecule has 0 aliphatic rings. The van der Waals surface area contributed by atoms with Gasteiger partial charge < -0.3 is 10.0 Å². The number of carbonyl (C=O) groups excluding carboxylic acids is 1. The Bertz CT molecular complexity index is 514. The van der Waals surface area contributed by atoms with Crippen molar-refractivity contribution in [3.63, 3.8) is 0 Å². The van der Waals surface area contributed by atoms with Crippen LogP contribution in [-0.4, -0.2) is 34.5 Å². The molecule has 0 fully saturated rings. The van der Waals surface area contributed by atoms with Gasteiger partial charge in [0.1, 0.15) is 0 Å². The van der Waals surface area contributed by atoms with Crippen molar-refractivity contribution in [3.8, 4) is 0 Å². The molecule has 1 aromatic rings. The zero-order valence-electron chi connectivity index (χ0n) is 11.5. The number of hydrogen-bond acceptors (Lipinski definition) is 2. The van der Waals surface area contributed by atoms with Gasteiger partial charge in [0.2, 0.25) is 5.91 Å². The maximum Gasteiger partial charge on any atom is 0.305 e. The van der Waals surface area contributed by atoms with E-state index in [0.29, 0.717) is 11.6 Å². The van der Waals surface area contributed by atoms with E-state index < -0.39 is 5.97 Å². The number of carbonyl (C=O) groups is 2. The molecule has 0 radical (unpaired) electrons. The molecule has 5 heteroatoms. The summed E-state index contributed by atoms with van der Waals surface area (Å²) in [5.41, 5.74) is 0.827. The highest BCUT2D eigenvalue weighted by Crippen LogP contribution is 2.12. The fourth-order valence-corrected chi connectivity index (χ4v) is 2.12. The second-order valence-electron chi connectivity index (χ2n) is 4.46. The van der Waals surface area contributed by atoms with Crippen molar-refractivity contribution in [2.45, 2.75) is 26.3 Å². The Balaban J connectivity index is 2.74. The van der Waals surface area contributed by atoms with Crippen molar-refractivity contribution in [3.05, 3.63) is 40.9 Å². The molecule has 1 amide bonds. The molecule has 1 unspecified atom stereocenters. The monoisotopic (exact) mass is 295 g/mol. The SMILES string of the molecule is CCN(C(=O)C=Cc1cccc(Cl)c1)C(C)CC(=O)O. The largest absolute Gasteiger partial charge is 0.481 e. The molecule has 0 bridgehead atoms. The van der Waals surface area contributed by atoms with Crippen LogP contribution < -0.4 is 0 Å². The van der Waals surface area contributed by atoms with E-state index in [1.54, 1.807) is 31.2 Å².